The number of aromatic hydroxyl groups is 1. The van der Waals surface area contributed by atoms with Crippen LogP contribution in [0, 0.1) is 11.8 Å². The van der Waals surface area contributed by atoms with E-state index < -0.39 is 58.0 Å². The fraction of sp³-hybridized carbons (Fsp3) is 0.310. The fourth-order valence-corrected chi connectivity index (χ4v) is 6.34. The molecule has 1 fully saturated rings. The van der Waals surface area contributed by atoms with Crippen LogP contribution in [0.4, 0.5) is 5.69 Å². The van der Waals surface area contributed by atoms with Crippen LogP contribution in [0.25, 0.3) is 5.76 Å². The van der Waals surface area contributed by atoms with E-state index in [0.717, 1.165) is 5.69 Å². The van der Waals surface area contributed by atoms with E-state index in [-0.39, 0.29) is 47.6 Å². The highest BCUT2D eigenvalue weighted by Crippen LogP contribution is 2.52. The Balaban J connectivity index is 1.61. The maximum atomic E-state index is 13.9. The molecule has 0 radical (unpaired) electrons. The molecule has 11 nitrogen and oxygen atoms in total. The molecule has 5 rings (SSSR count). The first kappa shape index (κ1) is 27.1. The number of hydrogen-bond donors (Lipinski definition) is 6. The first-order valence-corrected chi connectivity index (χ1v) is 12.7. The molecule has 2 aromatic rings. The number of nitrogens with zero attached hydrogens (tertiary/aromatic N) is 1. The monoisotopic (exact) mass is 547 g/mol. The number of nitrogens with two attached hydrogens (primary N) is 1. The molecule has 3 aliphatic carbocycles. The van der Waals surface area contributed by atoms with Gasteiger partial charge in [0.05, 0.1) is 18.2 Å². The topological polar surface area (TPSA) is 190 Å². The summed E-state index contributed by atoms with van der Waals surface area (Å²) in [5, 5.41) is 47.6. The smallest absolute Gasteiger partial charge is 0.255 e. The lowest BCUT2D eigenvalue weighted by atomic mass is 9.57. The molecule has 0 spiro atoms. The summed E-state index contributed by atoms with van der Waals surface area (Å²) in [7, 11) is 3.06. The van der Waals surface area contributed by atoms with Gasteiger partial charge in [0.1, 0.15) is 22.8 Å². The number of anilines is 1. The van der Waals surface area contributed by atoms with Crippen molar-refractivity contribution >= 4 is 34.7 Å². The number of likely N-dealkylation sites (N-methyl/N-ethyl adjacent to an activating group) is 1. The minimum absolute atomic E-state index is 0.0371. The van der Waals surface area contributed by atoms with Crippen LogP contribution >= 0.6 is 0 Å². The number of hydrogen-bond acceptors (Lipinski definition) is 10. The van der Waals surface area contributed by atoms with Crippen LogP contribution in [0.15, 0.2) is 59.4 Å². The molecule has 40 heavy (non-hydrogen) atoms. The Kier molecular flexibility index (Phi) is 6.51. The SMILES string of the molecule is CN(C)[C@@H]1C(=O)C(C(N)=O)=C(O)[C@@]2(O)C(=O)C3=C(O)c4c(O)ccc(C(=O)CNc5ccccc5)c4C[C@H]3C[C@@H]12. The Morgan fingerprint density at radius 1 is 1.07 bits per heavy atom. The van der Waals surface area contributed by atoms with Gasteiger partial charge in [0.25, 0.3) is 5.91 Å². The van der Waals surface area contributed by atoms with Gasteiger partial charge in [0.15, 0.2) is 17.2 Å². The molecule has 11 heteroatoms. The summed E-state index contributed by atoms with van der Waals surface area (Å²) in [5.74, 6) is -7.67. The van der Waals surface area contributed by atoms with Crippen LogP contribution in [-0.2, 0) is 20.8 Å². The van der Waals surface area contributed by atoms with Crippen LogP contribution in [0.2, 0.25) is 0 Å². The van der Waals surface area contributed by atoms with Crippen molar-refractivity contribution in [3.63, 3.8) is 0 Å². The van der Waals surface area contributed by atoms with Crippen LogP contribution < -0.4 is 11.1 Å². The molecule has 0 unspecified atom stereocenters. The third-order valence-corrected chi connectivity index (χ3v) is 8.13. The Morgan fingerprint density at radius 2 is 1.75 bits per heavy atom. The Bertz CT molecular complexity index is 1530. The molecule has 2 aromatic carbocycles. The van der Waals surface area contributed by atoms with E-state index >= 15 is 0 Å². The van der Waals surface area contributed by atoms with E-state index in [1.54, 1.807) is 12.1 Å². The van der Waals surface area contributed by atoms with Crippen molar-refractivity contribution in [2.24, 2.45) is 17.6 Å². The van der Waals surface area contributed by atoms with E-state index in [9.17, 15) is 39.6 Å². The number of rotatable bonds is 6. The van der Waals surface area contributed by atoms with Crippen LogP contribution in [0.3, 0.4) is 0 Å². The van der Waals surface area contributed by atoms with Gasteiger partial charge in [-0.05, 0) is 62.7 Å². The zero-order valence-electron chi connectivity index (χ0n) is 21.8. The second-order valence-electron chi connectivity index (χ2n) is 10.6. The van der Waals surface area contributed by atoms with E-state index in [0.29, 0.717) is 5.56 Å². The maximum absolute atomic E-state index is 13.9. The van der Waals surface area contributed by atoms with Gasteiger partial charge in [-0.2, -0.15) is 0 Å². The molecule has 4 atom stereocenters. The summed E-state index contributed by atoms with van der Waals surface area (Å²) in [6, 6.07) is 10.6. The third-order valence-electron chi connectivity index (χ3n) is 8.13. The van der Waals surface area contributed by atoms with Crippen molar-refractivity contribution in [1.29, 1.82) is 0 Å². The van der Waals surface area contributed by atoms with Crippen molar-refractivity contribution in [2.75, 3.05) is 26.0 Å². The van der Waals surface area contributed by atoms with E-state index in [4.69, 9.17) is 5.73 Å². The molecular weight excluding hydrogens is 518 g/mol. The van der Waals surface area contributed by atoms with Gasteiger partial charge in [0, 0.05) is 22.7 Å². The van der Waals surface area contributed by atoms with Gasteiger partial charge in [0.2, 0.25) is 5.78 Å². The first-order valence-electron chi connectivity index (χ1n) is 12.7. The molecule has 1 saturated carbocycles. The van der Waals surface area contributed by atoms with Crippen molar-refractivity contribution in [3.05, 3.63) is 76.1 Å². The van der Waals surface area contributed by atoms with Crippen molar-refractivity contribution in [2.45, 2.75) is 24.5 Å². The van der Waals surface area contributed by atoms with Gasteiger partial charge >= 0.3 is 0 Å². The Labute approximate surface area is 229 Å². The summed E-state index contributed by atoms with van der Waals surface area (Å²) in [6.07, 6.45) is -0.0212. The highest BCUT2D eigenvalue weighted by molar-refractivity contribution is 6.24. The maximum Gasteiger partial charge on any atom is 0.255 e. The number of phenols is 1. The minimum Gasteiger partial charge on any atom is -0.508 e. The number of amides is 1. The number of aliphatic hydroxyl groups excluding tert-OH is 2. The number of nitrogens with one attached hydrogen (secondary N) is 1. The fourth-order valence-electron chi connectivity index (χ4n) is 6.34. The summed E-state index contributed by atoms with van der Waals surface area (Å²) in [6.45, 7) is -0.0731. The minimum atomic E-state index is -2.72. The summed E-state index contributed by atoms with van der Waals surface area (Å²) < 4.78 is 0. The number of primary amides is 1. The molecule has 0 aliphatic heterocycles. The summed E-state index contributed by atoms with van der Waals surface area (Å²) in [4.78, 5) is 53.8. The Morgan fingerprint density at radius 3 is 2.38 bits per heavy atom. The molecule has 0 saturated heterocycles. The number of carbonyl (C=O) groups excluding carboxylic acids is 4. The lowest BCUT2D eigenvalue weighted by Crippen LogP contribution is -2.65. The van der Waals surface area contributed by atoms with Crippen molar-refractivity contribution in [1.82, 2.24) is 4.90 Å². The number of fused-ring (bicyclic) bond motifs is 3. The molecule has 0 heterocycles. The van der Waals surface area contributed by atoms with Crippen LogP contribution in [-0.4, -0.2) is 80.9 Å². The van der Waals surface area contributed by atoms with Gasteiger partial charge in [-0.3, -0.25) is 24.1 Å². The van der Waals surface area contributed by atoms with Gasteiger partial charge in [-0.25, -0.2) is 0 Å². The van der Waals surface area contributed by atoms with Gasteiger partial charge in [-0.15, -0.1) is 0 Å². The Hall–Kier alpha value is -4.48. The highest BCUT2D eigenvalue weighted by Gasteiger charge is 2.64. The molecule has 7 N–H and O–H groups in total. The number of Topliss-reactive ketones (excluding diaryl/α,β-unsaturated/α-hetero) is 3. The second-order valence-corrected chi connectivity index (χ2v) is 10.6. The standard InChI is InChI=1S/C29H29N3O8/c1-32(2)23-17-11-13-10-16-15(19(34)12-31-14-6-4-3-5-7-14)8-9-18(33)21(16)24(35)20(13)26(37)29(17,40)27(38)22(25(23)36)28(30)39/h3-9,13,17,23,31,33,35,38,40H,10-12H2,1-2H3,(H2,30,39)/t13-,17-,23-,29-/m0/s1. The zero-order valence-corrected chi connectivity index (χ0v) is 21.8. The number of ketones is 3. The normalized spacial score (nSPS) is 25.9. The number of aliphatic hydroxyl groups is 3. The van der Waals surface area contributed by atoms with E-state index in [1.807, 2.05) is 18.2 Å². The number of para-hydroxylation sites is 1. The molecule has 208 valence electrons. The highest BCUT2D eigenvalue weighted by atomic mass is 16.3. The third kappa shape index (κ3) is 3.89. The lowest BCUT2D eigenvalue weighted by Gasteiger charge is -2.50. The molecule has 0 aromatic heterocycles. The van der Waals surface area contributed by atoms with Gasteiger partial charge in [-0.1, -0.05) is 18.2 Å². The number of carbonyl (C=O) groups is 4. The predicted molar refractivity (Wildman–Crippen MR) is 144 cm³/mol. The van der Waals surface area contributed by atoms with Gasteiger partial charge < -0.3 is 31.5 Å². The van der Waals surface area contributed by atoms with E-state index in [1.165, 1.54) is 31.1 Å². The van der Waals surface area contributed by atoms with Crippen molar-refractivity contribution in [3.8, 4) is 5.75 Å². The molecule has 1 amide bonds. The van der Waals surface area contributed by atoms with Crippen LogP contribution in [0.1, 0.15) is 27.9 Å². The summed E-state index contributed by atoms with van der Waals surface area (Å²) in [5.41, 5.74) is 2.64. The first-order chi connectivity index (χ1) is 18.9. The van der Waals surface area contributed by atoms with Crippen LogP contribution in [0.5, 0.6) is 5.75 Å². The lowest BCUT2D eigenvalue weighted by molar-refractivity contribution is -0.153. The molecular formula is C29H29N3O8. The number of phenolic OH excluding ortho intramolecular Hbond substituents is 1. The predicted octanol–water partition coefficient (Wildman–Crippen LogP) is 1.26. The molecule has 3 aliphatic rings. The summed E-state index contributed by atoms with van der Waals surface area (Å²) >= 11 is 0. The van der Waals surface area contributed by atoms with Crippen molar-refractivity contribution < 1.29 is 39.6 Å². The quantitative estimate of drug-likeness (QED) is 0.227. The zero-order chi connectivity index (χ0) is 29.1. The second kappa shape index (κ2) is 9.61. The largest absolute Gasteiger partial charge is 0.508 e. The number of benzene rings is 2. The average Bonchev–Trinajstić information content (AvgIpc) is 2.89. The average molecular weight is 548 g/mol. The molecule has 0 bridgehead atoms. The van der Waals surface area contributed by atoms with E-state index in [2.05, 4.69) is 5.32 Å².